The number of carbonyl (C=O) groups excluding carboxylic acids is 1. The highest BCUT2D eigenvalue weighted by Gasteiger charge is 2.16. The Morgan fingerprint density at radius 2 is 1.95 bits per heavy atom. The lowest BCUT2D eigenvalue weighted by Crippen LogP contribution is -2.34. The first-order valence-electron chi connectivity index (χ1n) is 7.07. The zero-order valence-corrected chi connectivity index (χ0v) is 12.3. The van der Waals surface area contributed by atoms with E-state index in [1.54, 1.807) is 4.90 Å². The molecule has 0 spiro atoms. The molecule has 1 N–H and O–H groups in total. The van der Waals surface area contributed by atoms with Gasteiger partial charge in [0, 0.05) is 18.7 Å². The van der Waals surface area contributed by atoms with E-state index >= 15 is 0 Å². The molecule has 0 fully saturated rings. The molecule has 1 aromatic rings. The molecule has 0 bridgehead atoms. The van der Waals surface area contributed by atoms with Gasteiger partial charge in [0.05, 0.1) is 6.61 Å². The van der Waals surface area contributed by atoms with E-state index in [1.807, 2.05) is 32.0 Å². The third-order valence-electron chi connectivity index (χ3n) is 3.30. The Morgan fingerprint density at radius 1 is 1.21 bits per heavy atom. The molecule has 0 saturated heterocycles. The summed E-state index contributed by atoms with van der Waals surface area (Å²) in [7, 11) is 0. The number of benzene rings is 1. The van der Waals surface area contributed by atoms with Gasteiger partial charge in [0.2, 0.25) is 0 Å². The first-order valence-corrected chi connectivity index (χ1v) is 7.07. The summed E-state index contributed by atoms with van der Waals surface area (Å²) in [5, 5.41) is 9.11. The number of unbranched alkanes of at least 4 members (excludes halogenated alkanes) is 2. The molecule has 0 aliphatic rings. The molecule has 0 heterocycles. The topological polar surface area (TPSA) is 40.5 Å². The molecular formula is C16H25NO2. The fraction of sp³-hybridized carbons (Fsp3) is 0.562. The maximum absolute atomic E-state index is 12.5. The zero-order chi connectivity index (χ0) is 14.3. The van der Waals surface area contributed by atoms with Crippen LogP contribution >= 0.6 is 0 Å². The van der Waals surface area contributed by atoms with Crippen LogP contribution in [-0.2, 0) is 0 Å². The summed E-state index contributed by atoms with van der Waals surface area (Å²) in [6.45, 7) is 7.28. The van der Waals surface area contributed by atoms with E-state index < -0.39 is 0 Å². The van der Waals surface area contributed by atoms with Gasteiger partial charge in [0.25, 0.3) is 5.91 Å². The van der Waals surface area contributed by atoms with Crippen molar-refractivity contribution in [3.8, 4) is 0 Å². The van der Waals surface area contributed by atoms with Crippen LogP contribution in [0, 0.1) is 13.8 Å². The fourth-order valence-corrected chi connectivity index (χ4v) is 2.21. The highest BCUT2D eigenvalue weighted by Crippen LogP contribution is 2.14. The predicted molar refractivity (Wildman–Crippen MR) is 78.4 cm³/mol. The number of aliphatic hydroxyl groups excluding tert-OH is 1. The fourth-order valence-electron chi connectivity index (χ4n) is 2.21. The highest BCUT2D eigenvalue weighted by molar-refractivity contribution is 5.95. The van der Waals surface area contributed by atoms with Crippen LogP contribution < -0.4 is 0 Å². The third kappa shape index (κ3) is 4.67. The second-order valence-electron chi connectivity index (χ2n) is 5.04. The molecule has 19 heavy (non-hydrogen) atoms. The molecule has 0 aliphatic carbocycles. The number of hydrogen-bond acceptors (Lipinski definition) is 2. The smallest absolute Gasteiger partial charge is 0.254 e. The zero-order valence-electron chi connectivity index (χ0n) is 12.3. The predicted octanol–water partition coefficient (Wildman–Crippen LogP) is 2.93. The van der Waals surface area contributed by atoms with Gasteiger partial charge in [-0.3, -0.25) is 4.79 Å². The highest BCUT2D eigenvalue weighted by atomic mass is 16.3. The Balaban J connectivity index is 2.79. The van der Waals surface area contributed by atoms with Crippen LogP contribution in [0.15, 0.2) is 18.2 Å². The van der Waals surface area contributed by atoms with E-state index in [2.05, 4.69) is 6.92 Å². The van der Waals surface area contributed by atoms with Gasteiger partial charge in [0.15, 0.2) is 0 Å². The van der Waals surface area contributed by atoms with Crippen LogP contribution in [0.3, 0.4) is 0 Å². The van der Waals surface area contributed by atoms with Gasteiger partial charge in [-0.2, -0.15) is 0 Å². The maximum Gasteiger partial charge on any atom is 0.254 e. The Morgan fingerprint density at radius 3 is 2.53 bits per heavy atom. The average molecular weight is 263 g/mol. The summed E-state index contributed by atoms with van der Waals surface area (Å²) in [6, 6.07) is 5.87. The number of hydrogen-bond donors (Lipinski definition) is 1. The van der Waals surface area contributed by atoms with Crippen LogP contribution in [0.25, 0.3) is 0 Å². The molecule has 0 radical (unpaired) electrons. The van der Waals surface area contributed by atoms with Gasteiger partial charge >= 0.3 is 0 Å². The molecule has 106 valence electrons. The van der Waals surface area contributed by atoms with Crippen LogP contribution in [-0.4, -0.2) is 35.6 Å². The quantitative estimate of drug-likeness (QED) is 0.768. The van der Waals surface area contributed by atoms with E-state index in [-0.39, 0.29) is 12.5 Å². The second-order valence-corrected chi connectivity index (χ2v) is 5.04. The van der Waals surface area contributed by atoms with Crippen molar-refractivity contribution in [2.75, 3.05) is 19.7 Å². The third-order valence-corrected chi connectivity index (χ3v) is 3.30. The maximum atomic E-state index is 12.5. The van der Waals surface area contributed by atoms with E-state index in [4.69, 9.17) is 5.11 Å². The molecular weight excluding hydrogens is 238 g/mol. The second kappa shape index (κ2) is 7.95. The molecule has 0 aromatic heterocycles. The summed E-state index contributed by atoms with van der Waals surface area (Å²) >= 11 is 0. The molecule has 1 aromatic carbocycles. The van der Waals surface area contributed by atoms with Gasteiger partial charge in [-0.1, -0.05) is 37.5 Å². The van der Waals surface area contributed by atoms with Crippen LogP contribution in [0.2, 0.25) is 0 Å². The van der Waals surface area contributed by atoms with Crippen molar-refractivity contribution in [3.05, 3.63) is 34.9 Å². The van der Waals surface area contributed by atoms with Crippen molar-refractivity contribution in [2.45, 2.75) is 40.0 Å². The Labute approximate surface area is 116 Å². The Hall–Kier alpha value is -1.35. The van der Waals surface area contributed by atoms with Gasteiger partial charge < -0.3 is 10.0 Å². The summed E-state index contributed by atoms with van der Waals surface area (Å²) in [5.41, 5.74) is 2.91. The van der Waals surface area contributed by atoms with Crippen molar-refractivity contribution in [1.29, 1.82) is 0 Å². The lowest BCUT2D eigenvalue weighted by molar-refractivity contribution is 0.0718. The minimum Gasteiger partial charge on any atom is -0.395 e. The standard InChI is InChI=1S/C16H25NO2/c1-4-5-6-9-17(10-11-18)16(19)15-8-7-13(2)12-14(15)3/h7-8,12,18H,4-6,9-11H2,1-3H3. The van der Waals surface area contributed by atoms with Gasteiger partial charge in [0.1, 0.15) is 0 Å². The number of carbonyl (C=O) groups is 1. The van der Waals surface area contributed by atoms with Crippen molar-refractivity contribution < 1.29 is 9.90 Å². The summed E-state index contributed by atoms with van der Waals surface area (Å²) in [5.74, 6) is 0.0302. The van der Waals surface area contributed by atoms with Crippen molar-refractivity contribution >= 4 is 5.91 Å². The first-order chi connectivity index (χ1) is 9.10. The van der Waals surface area contributed by atoms with Crippen LogP contribution in [0.5, 0.6) is 0 Å². The van der Waals surface area contributed by atoms with E-state index in [9.17, 15) is 4.79 Å². The number of aliphatic hydroxyl groups is 1. The SMILES string of the molecule is CCCCCN(CCO)C(=O)c1ccc(C)cc1C. The van der Waals surface area contributed by atoms with Crippen molar-refractivity contribution in [3.63, 3.8) is 0 Å². The number of aryl methyl sites for hydroxylation is 2. The normalized spacial score (nSPS) is 10.5. The molecule has 1 rings (SSSR count). The van der Waals surface area contributed by atoms with Crippen LogP contribution in [0.1, 0.15) is 47.7 Å². The number of amides is 1. The lowest BCUT2D eigenvalue weighted by atomic mass is 10.0. The molecule has 0 unspecified atom stereocenters. The molecule has 0 atom stereocenters. The molecule has 1 amide bonds. The number of rotatable bonds is 7. The summed E-state index contributed by atoms with van der Waals surface area (Å²) < 4.78 is 0. The number of nitrogens with zero attached hydrogens (tertiary/aromatic N) is 1. The largest absolute Gasteiger partial charge is 0.395 e. The Kier molecular flexibility index (Phi) is 6.57. The minimum atomic E-state index is 0.0166. The lowest BCUT2D eigenvalue weighted by Gasteiger charge is -2.22. The summed E-state index contributed by atoms with van der Waals surface area (Å²) in [4.78, 5) is 14.2. The molecule has 0 aliphatic heterocycles. The monoisotopic (exact) mass is 263 g/mol. The van der Waals surface area contributed by atoms with E-state index in [0.717, 1.165) is 42.5 Å². The van der Waals surface area contributed by atoms with E-state index in [1.165, 1.54) is 0 Å². The van der Waals surface area contributed by atoms with Gasteiger partial charge in [-0.05, 0) is 31.9 Å². The van der Waals surface area contributed by atoms with Gasteiger partial charge in [-0.25, -0.2) is 0 Å². The van der Waals surface area contributed by atoms with Crippen LogP contribution in [0.4, 0.5) is 0 Å². The first kappa shape index (κ1) is 15.7. The Bertz CT molecular complexity index is 415. The van der Waals surface area contributed by atoms with Crippen molar-refractivity contribution in [1.82, 2.24) is 4.90 Å². The molecule has 3 heteroatoms. The molecule has 0 saturated carbocycles. The van der Waals surface area contributed by atoms with Crippen molar-refractivity contribution in [2.24, 2.45) is 0 Å². The molecule has 3 nitrogen and oxygen atoms in total. The average Bonchev–Trinajstić information content (AvgIpc) is 2.37. The van der Waals surface area contributed by atoms with Gasteiger partial charge in [-0.15, -0.1) is 0 Å². The van der Waals surface area contributed by atoms with E-state index in [0.29, 0.717) is 6.54 Å². The summed E-state index contributed by atoms with van der Waals surface area (Å²) in [6.07, 6.45) is 3.24. The minimum absolute atomic E-state index is 0.0166.